The van der Waals surface area contributed by atoms with E-state index in [-0.39, 0.29) is 6.10 Å². The number of nitrogens with one attached hydrogen (secondary N) is 1. The highest BCUT2D eigenvalue weighted by atomic mass is 16.5. The van der Waals surface area contributed by atoms with Gasteiger partial charge in [-0.25, -0.2) is 0 Å². The molecule has 6 heteroatoms. The first-order chi connectivity index (χ1) is 9.42. The van der Waals surface area contributed by atoms with Crippen LogP contribution in [0.25, 0.3) is 11.5 Å². The van der Waals surface area contributed by atoms with Crippen LogP contribution in [0, 0.1) is 0 Å². The molecule has 0 amide bonds. The number of ether oxygens (including phenoxy) is 1. The van der Waals surface area contributed by atoms with Crippen molar-refractivity contribution in [3.05, 3.63) is 30.4 Å². The summed E-state index contributed by atoms with van der Waals surface area (Å²) in [6.45, 7) is 2.36. The molecule has 1 saturated heterocycles. The molecule has 0 saturated carbocycles. The predicted octanol–water partition coefficient (Wildman–Crippen LogP) is 1.40. The normalized spacial score (nSPS) is 19.5. The van der Waals surface area contributed by atoms with Crippen LogP contribution in [0.15, 0.2) is 29.0 Å². The average molecular weight is 260 g/mol. The first kappa shape index (κ1) is 12.3. The molecule has 0 spiro atoms. The molecule has 1 N–H and O–H groups in total. The fourth-order valence-electron chi connectivity index (χ4n) is 2.07. The predicted molar refractivity (Wildman–Crippen MR) is 68.2 cm³/mol. The minimum Gasteiger partial charge on any atom is -0.369 e. The lowest BCUT2D eigenvalue weighted by Crippen LogP contribution is -2.35. The van der Waals surface area contributed by atoms with Crippen LogP contribution in [0.5, 0.6) is 0 Å². The second kappa shape index (κ2) is 5.90. The summed E-state index contributed by atoms with van der Waals surface area (Å²) in [6.07, 6.45) is 5.88. The highest BCUT2D eigenvalue weighted by molar-refractivity contribution is 5.50. The van der Waals surface area contributed by atoms with Gasteiger partial charge in [-0.2, -0.15) is 4.98 Å². The molecule has 100 valence electrons. The highest BCUT2D eigenvalue weighted by Gasteiger charge is 2.15. The van der Waals surface area contributed by atoms with Gasteiger partial charge in [0.05, 0.1) is 11.7 Å². The van der Waals surface area contributed by atoms with Gasteiger partial charge < -0.3 is 14.6 Å². The molecule has 0 bridgehead atoms. The first-order valence-electron chi connectivity index (χ1n) is 6.47. The Morgan fingerprint density at radius 1 is 1.47 bits per heavy atom. The smallest absolute Gasteiger partial charge is 0.259 e. The summed E-state index contributed by atoms with van der Waals surface area (Å²) in [4.78, 5) is 8.32. The van der Waals surface area contributed by atoms with E-state index in [1.54, 1.807) is 12.4 Å². The maximum atomic E-state index is 5.76. The van der Waals surface area contributed by atoms with Crippen molar-refractivity contribution in [1.29, 1.82) is 0 Å². The van der Waals surface area contributed by atoms with E-state index in [1.807, 2.05) is 12.1 Å². The highest BCUT2D eigenvalue weighted by Crippen LogP contribution is 2.16. The van der Waals surface area contributed by atoms with Crippen LogP contribution in [0.1, 0.15) is 18.7 Å². The lowest BCUT2D eigenvalue weighted by Gasteiger charge is -2.22. The van der Waals surface area contributed by atoms with Crippen LogP contribution >= 0.6 is 0 Å². The fraction of sp³-hybridized carbons (Fsp3) is 0.462. The van der Waals surface area contributed by atoms with Crippen molar-refractivity contribution in [2.45, 2.75) is 25.6 Å². The van der Waals surface area contributed by atoms with E-state index in [0.29, 0.717) is 18.3 Å². The molecule has 0 radical (unpaired) electrons. The summed E-state index contributed by atoms with van der Waals surface area (Å²) in [5.41, 5.74) is 0.820. The summed E-state index contributed by atoms with van der Waals surface area (Å²) in [7, 11) is 0. The molecule has 6 nitrogen and oxygen atoms in total. The van der Waals surface area contributed by atoms with Gasteiger partial charge in [-0.15, -0.1) is 0 Å². The molecule has 1 aliphatic rings. The summed E-state index contributed by atoms with van der Waals surface area (Å²) in [6, 6.07) is 3.72. The lowest BCUT2D eigenvalue weighted by molar-refractivity contribution is 0.0210. The second-order valence-electron chi connectivity index (χ2n) is 4.54. The van der Waals surface area contributed by atoms with E-state index < -0.39 is 0 Å². The van der Waals surface area contributed by atoms with Gasteiger partial charge in [-0.3, -0.25) is 4.98 Å². The second-order valence-corrected chi connectivity index (χ2v) is 4.54. The van der Waals surface area contributed by atoms with Crippen molar-refractivity contribution in [1.82, 2.24) is 20.4 Å². The molecule has 19 heavy (non-hydrogen) atoms. The van der Waals surface area contributed by atoms with Gasteiger partial charge in [0, 0.05) is 18.9 Å². The van der Waals surface area contributed by atoms with Crippen molar-refractivity contribution in [3.63, 3.8) is 0 Å². The van der Waals surface area contributed by atoms with Gasteiger partial charge in [-0.05, 0) is 31.5 Å². The Morgan fingerprint density at radius 2 is 2.47 bits per heavy atom. The first-order valence-corrected chi connectivity index (χ1v) is 6.47. The molecule has 2 aromatic heterocycles. The van der Waals surface area contributed by atoms with Gasteiger partial charge in [0.25, 0.3) is 5.89 Å². The molecule has 1 fully saturated rings. The van der Waals surface area contributed by atoms with Crippen molar-refractivity contribution < 1.29 is 9.26 Å². The van der Waals surface area contributed by atoms with Gasteiger partial charge >= 0.3 is 0 Å². The molecule has 3 rings (SSSR count). The third-order valence-corrected chi connectivity index (χ3v) is 3.08. The van der Waals surface area contributed by atoms with E-state index in [4.69, 9.17) is 9.26 Å². The van der Waals surface area contributed by atoms with Gasteiger partial charge in [-0.1, -0.05) is 5.16 Å². The van der Waals surface area contributed by atoms with E-state index in [9.17, 15) is 0 Å². The Kier molecular flexibility index (Phi) is 3.81. The van der Waals surface area contributed by atoms with Crippen molar-refractivity contribution in [2.75, 3.05) is 13.1 Å². The molecule has 0 aliphatic carbocycles. The quantitative estimate of drug-likeness (QED) is 0.895. The largest absolute Gasteiger partial charge is 0.369 e. The van der Waals surface area contributed by atoms with Gasteiger partial charge in [0.1, 0.15) is 6.61 Å². The number of piperidine rings is 1. The molecule has 3 heterocycles. The number of pyridine rings is 1. The molecular weight excluding hydrogens is 244 g/mol. The number of aromatic nitrogens is 3. The third kappa shape index (κ3) is 3.15. The fourth-order valence-corrected chi connectivity index (χ4v) is 2.07. The summed E-state index contributed by atoms with van der Waals surface area (Å²) >= 11 is 0. The van der Waals surface area contributed by atoms with E-state index in [2.05, 4.69) is 20.4 Å². The molecule has 2 aromatic rings. The molecule has 1 aliphatic heterocycles. The number of hydrogen-bond acceptors (Lipinski definition) is 6. The zero-order valence-electron chi connectivity index (χ0n) is 10.6. The maximum Gasteiger partial charge on any atom is 0.259 e. The van der Waals surface area contributed by atoms with Gasteiger partial charge in [0.2, 0.25) is 0 Å². The summed E-state index contributed by atoms with van der Waals surface area (Å²) in [5, 5.41) is 7.22. The molecule has 1 unspecified atom stereocenters. The Hall–Kier alpha value is -1.79. The SMILES string of the molecule is c1cncc(-c2nc(COC3CCCNC3)no2)c1. The zero-order valence-corrected chi connectivity index (χ0v) is 10.6. The standard InChI is InChI=1S/C13H16N4O2/c1-3-10(7-14-5-1)13-16-12(17-19-13)9-18-11-4-2-6-15-8-11/h1,3,5,7,11,15H,2,4,6,8-9H2. The van der Waals surface area contributed by atoms with Crippen LogP contribution in [0.4, 0.5) is 0 Å². The maximum absolute atomic E-state index is 5.76. The van der Waals surface area contributed by atoms with Crippen molar-refractivity contribution in [3.8, 4) is 11.5 Å². The summed E-state index contributed by atoms with van der Waals surface area (Å²) in [5.74, 6) is 1.05. The number of nitrogens with zero attached hydrogens (tertiary/aromatic N) is 3. The Bertz CT molecular complexity index is 508. The third-order valence-electron chi connectivity index (χ3n) is 3.08. The van der Waals surface area contributed by atoms with E-state index in [1.165, 1.54) is 0 Å². The lowest BCUT2D eigenvalue weighted by atomic mass is 10.1. The van der Waals surface area contributed by atoms with E-state index >= 15 is 0 Å². The number of rotatable bonds is 4. The number of hydrogen-bond donors (Lipinski definition) is 1. The zero-order chi connectivity index (χ0) is 12.9. The monoisotopic (exact) mass is 260 g/mol. The minimum absolute atomic E-state index is 0.245. The molecule has 0 aromatic carbocycles. The van der Waals surface area contributed by atoms with E-state index in [0.717, 1.165) is 31.5 Å². The summed E-state index contributed by atoms with van der Waals surface area (Å²) < 4.78 is 10.9. The Labute approximate surface area is 111 Å². The van der Waals surface area contributed by atoms with Gasteiger partial charge in [0.15, 0.2) is 5.82 Å². The van der Waals surface area contributed by atoms with Crippen molar-refractivity contribution in [2.24, 2.45) is 0 Å². The molecular formula is C13H16N4O2. The minimum atomic E-state index is 0.245. The Balaban J connectivity index is 1.59. The van der Waals surface area contributed by atoms with Crippen LogP contribution in [-0.2, 0) is 11.3 Å². The van der Waals surface area contributed by atoms with Crippen molar-refractivity contribution >= 4 is 0 Å². The van der Waals surface area contributed by atoms with Crippen LogP contribution < -0.4 is 5.32 Å². The Morgan fingerprint density at radius 3 is 3.26 bits per heavy atom. The average Bonchev–Trinajstić information content (AvgIpc) is 2.96. The van der Waals surface area contributed by atoms with Crippen LogP contribution in [0.3, 0.4) is 0 Å². The molecule has 1 atom stereocenters. The van der Waals surface area contributed by atoms with Crippen LogP contribution in [0.2, 0.25) is 0 Å². The topological polar surface area (TPSA) is 73.1 Å². The van der Waals surface area contributed by atoms with Crippen LogP contribution in [-0.4, -0.2) is 34.3 Å².